The van der Waals surface area contributed by atoms with Gasteiger partial charge in [-0.05, 0) is 35.9 Å². The molecule has 3 rings (SSSR count). The average Bonchev–Trinajstić information content (AvgIpc) is 3.10. The van der Waals surface area contributed by atoms with E-state index in [2.05, 4.69) is 10.3 Å². The van der Waals surface area contributed by atoms with Crippen molar-refractivity contribution >= 4 is 40.1 Å². The highest BCUT2D eigenvalue weighted by Gasteiger charge is 2.07. The van der Waals surface area contributed by atoms with Crippen LogP contribution >= 0.6 is 22.9 Å². The molecule has 2 aromatic carbocycles. The molecule has 0 spiro atoms. The van der Waals surface area contributed by atoms with Crippen LogP contribution in [-0.4, -0.2) is 18.0 Å². The SMILES string of the molecule is COc1cccc(-c2csc(NC(=O)/C=C/c3ccc(Cl)cc3)n2)c1. The zero-order chi connectivity index (χ0) is 17.6. The molecule has 1 heterocycles. The normalized spacial score (nSPS) is 10.8. The van der Waals surface area contributed by atoms with E-state index < -0.39 is 0 Å². The first-order valence-electron chi connectivity index (χ1n) is 7.48. The molecule has 0 atom stereocenters. The number of rotatable bonds is 5. The molecule has 0 saturated carbocycles. The molecule has 0 radical (unpaired) electrons. The van der Waals surface area contributed by atoms with E-state index in [-0.39, 0.29) is 5.91 Å². The number of carbonyl (C=O) groups is 1. The molecule has 4 nitrogen and oxygen atoms in total. The summed E-state index contributed by atoms with van der Waals surface area (Å²) in [6.45, 7) is 0. The first-order valence-corrected chi connectivity index (χ1v) is 8.74. The fourth-order valence-electron chi connectivity index (χ4n) is 2.14. The molecule has 0 fully saturated rings. The quantitative estimate of drug-likeness (QED) is 0.634. The molecule has 6 heteroatoms. The van der Waals surface area contributed by atoms with Crippen molar-refractivity contribution < 1.29 is 9.53 Å². The molecule has 1 N–H and O–H groups in total. The standard InChI is InChI=1S/C19H15ClN2O2S/c1-24-16-4-2-3-14(11-16)17-12-25-19(21-17)22-18(23)10-7-13-5-8-15(20)9-6-13/h2-12H,1H3,(H,21,22,23)/b10-7+. The zero-order valence-electron chi connectivity index (χ0n) is 13.4. The number of nitrogens with zero attached hydrogens (tertiary/aromatic N) is 1. The third-order valence-corrected chi connectivity index (χ3v) is 4.41. The van der Waals surface area contributed by atoms with Crippen LogP contribution in [0.15, 0.2) is 60.0 Å². The summed E-state index contributed by atoms with van der Waals surface area (Å²) in [5.41, 5.74) is 2.63. The second-order valence-electron chi connectivity index (χ2n) is 5.14. The van der Waals surface area contributed by atoms with Gasteiger partial charge in [0, 0.05) is 22.0 Å². The Labute approximate surface area is 154 Å². The van der Waals surface area contributed by atoms with Crippen molar-refractivity contribution in [2.45, 2.75) is 0 Å². The number of hydrogen-bond acceptors (Lipinski definition) is 4. The highest BCUT2D eigenvalue weighted by Crippen LogP contribution is 2.27. The summed E-state index contributed by atoms with van der Waals surface area (Å²) in [6.07, 6.45) is 3.19. The van der Waals surface area contributed by atoms with Crippen molar-refractivity contribution in [3.8, 4) is 17.0 Å². The Bertz CT molecular complexity index is 904. The summed E-state index contributed by atoms with van der Waals surface area (Å²) >= 11 is 7.21. The van der Waals surface area contributed by atoms with Crippen molar-refractivity contribution in [3.63, 3.8) is 0 Å². The van der Waals surface area contributed by atoms with Crippen LogP contribution in [0.4, 0.5) is 5.13 Å². The van der Waals surface area contributed by atoms with Gasteiger partial charge < -0.3 is 4.74 Å². The summed E-state index contributed by atoms with van der Waals surface area (Å²) in [5.74, 6) is 0.531. The Kier molecular flexibility index (Phi) is 5.48. The summed E-state index contributed by atoms with van der Waals surface area (Å²) in [4.78, 5) is 16.5. The largest absolute Gasteiger partial charge is 0.497 e. The second-order valence-corrected chi connectivity index (χ2v) is 6.44. The van der Waals surface area contributed by atoms with Crippen molar-refractivity contribution in [2.24, 2.45) is 0 Å². The van der Waals surface area contributed by atoms with E-state index in [1.165, 1.54) is 17.4 Å². The predicted octanol–water partition coefficient (Wildman–Crippen LogP) is 5.12. The maximum Gasteiger partial charge on any atom is 0.250 e. The Morgan fingerprint density at radius 3 is 2.80 bits per heavy atom. The molecule has 25 heavy (non-hydrogen) atoms. The molecule has 3 aromatic rings. The van der Waals surface area contributed by atoms with Gasteiger partial charge in [-0.1, -0.05) is 35.9 Å². The molecule has 0 bridgehead atoms. The maximum absolute atomic E-state index is 12.0. The summed E-state index contributed by atoms with van der Waals surface area (Å²) in [6, 6.07) is 14.9. The van der Waals surface area contributed by atoms with Gasteiger partial charge in [-0.3, -0.25) is 10.1 Å². The molecule has 1 aromatic heterocycles. The van der Waals surface area contributed by atoms with E-state index in [1.54, 1.807) is 25.3 Å². The number of ether oxygens (including phenoxy) is 1. The highest BCUT2D eigenvalue weighted by atomic mass is 35.5. The minimum Gasteiger partial charge on any atom is -0.497 e. The van der Waals surface area contributed by atoms with Crippen LogP contribution < -0.4 is 10.1 Å². The Morgan fingerprint density at radius 1 is 1.24 bits per heavy atom. The third kappa shape index (κ3) is 4.68. The molecule has 0 aliphatic heterocycles. The number of carbonyl (C=O) groups excluding carboxylic acids is 1. The van der Waals surface area contributed by atoms with E-state index in [4.69, 9.17) is 16.3 Å². The molecule has 1 amide bonds. The van der Waals surface area contributed by atoms with Crippen molar-refractivity contribution in [1.82, 2.24) is 4.98 Å². The van der Waals surface area contributed by atoms with E-state index in [0.717, 1.165) is 22.6 Å². The van der Waals surface area contributed by atoms with Crippen molar-refractivity contribution in [2.75, 3.05) is 12.4 Å². The lowest BCUT2D eigenvalue weighted by atomic mass is 10.2. The molecule has 0 aliphatic rings. The van der Waals surface area contributed by atoms with Gasteiger partial charge in [-0.15, -0.1) is 11.3 Å². The minimum atomic E-state index is -0.235. The number of thiazole rings is 1. The molecule has 0 saturated heterocycles. The van der Waals surface area contributed by atoms with Gasteiger partial charge in [0.2, 0.25) is 5.91 Å². The van der Waals surface area contributed by atoms with Crippen LogP contribution in [0.1, 0.15) is 5.56 Å². The van der Waals surface area contributed by atoms with Crippen molar-refractivity contribution in [1.29, 1.82) is 0 Å². The fourth-order valence-corrected chi connectivity index (χ4v) is 2.99. The van der Waals surface area contributed by atoms with Gasteiger partial charge in [-0.25, -0.2) is 4.98 Å². The number of anilines is 1. The van der Waals surface area contributed by atoms with Crippen LogP contribution in [0, 0.1) is 0 Å². The van der Waals surface area contributed by atoms with Crippen LogP contribution in [0.3, 0.4) is 0 Å². The van der Waals surface area contributed by atoms with E-state index >= 15 is 0 Å². The predicted molar refractivity (Wildman–Crippen MR) is 103 cm³/mol. The van der Waals surface area contributed by atoms with Crippen LogP contribution in [0.2, 0.25) is 5.02 Å². The molecule has 0 unspecified atom stereocenters. The lowest BCUT2D eigenvalue weighted by Gasteiger charge is -2.01. The highest BCUT2D eigenvalue weighted by molar-refractivity contribution is 7.14. The Hall–Kier alpha value is -2.63. The monoisotopic (exact) mass is 370 g/mol. The fraction of sp³-hybridized carbons (Fsp3) is 0.0526. The minimum absolute atomic E-state index is 0.235. The van der Waals surface area contributed by atoms with Gasteiger partial charge in [0.25, 0.3) is 0 Å². The van der Waals surface area contributed by atoms with Crippen molar-refractivity contribution in [3.05, 3.63) is 70.6 Å². The Balaban J connectivity index is 1.66. The number of methoxy groups -OCH3 is 1. The molecule has 126 valence electrons. The number of halogens is 1. The van der Waals surface area contributed by atoms with Gasteiger partial charge in [0.05, 0.1) is 12.8 Å². The maximum atomic E-state index is 12.0. The van der Waals surface area contributed by atoms with Crippen LogP contribution in [0.25, 0.3) is 17.3 Å². The van der Waals surface area contributed by atoms with E-state index in [0.29, 0.717) is 10.2 Å². The van der Waals surface area contributed by atoms with Crippen LogP contribution in [-0.2, 0) is 4.79 Å². The first-order chi connectivity index (χ1) is 12.1. The topological polar surface area (TPSA) is 51.2 Å². The number of benzene rings is 2. The molecular weight excluding hydrogens is 356 g/mol. The molecule has 0 aliphatic carbocycles. The van der Waals surface area contributed by atoms with Gasteiger partial charge >= 0.3 is 0 Å². The van der Waals surface area contributed by atoms with Gasteiger partial charge in [0.15, 0.2) is 5.13 Å². The molecular formula is C19H15ClN2O2S. The number of amides is 1. The second kappa shape index (κ2) is 7.96. The summed E-state index contributed by atoms with van der Waals surface area (Å²) in [5, 5.41) is 5.87. The van der Waals surface area contributed by atoms with Gasteiger partial charge in [-0.2, -0.15) is 0 Å². The van der Waals surface area contributed by atoms with Crippen LogP contribution in [0.5, 0.6) is 5.75 Å². The Morgan fingerprint density at radius 2 is 2.04 bits per heavy atom. The summed E-state index contributed by atoms with van der Waals surface area (Å²) < 4.78 is 5.22. The summed E-state index contributed by atoms with van der Waals surface area (Å²) in [7, 11) is 1.62. The number of hydrogen-bond donors (Lipinski definition) is 1. The zero-order valence-corrected chi connectivity index (χ0v) is 15.0. The number of nitrogens with one attached hydrogen (secondary N) is 1. The lowest BCUT2D eigenvalue weighted by Crippen LogP contribution is -2.07. The van der Waals surface area contributed by atoms with Gasteiger partial charge in [0.1, 0.15) is 5.75 Å². The number of aromatic nitrogens is 1. The smallest absolute Gasteiger partial charge is 0.250 e. The average molecular weight is 371 g/mol. The first kappa shape index (κ1) is 17.2. The lowest BCUT2D eigenvalue weighted by molar-refractivity contribution is -0.111. The third-order valence-electron chi connectivity index (χ3n) is 3.40. The van der Waals surface area contributed by atoms with E-state index in [1.807, 2.05) is 41.8 Å². The van der Waals surface area contributed by atoms with E-state index in [9.17, 15) is 4.79 Å².